The van der Waals surface area contributed by atoms with Gasteiger partial charge in [-0.2, -0.15) is 0 Å². The average molecular weight is 240 g/mol. The quantitative estimate of drug-likeness (QED) is 0.654. The topological polar surface area (TPSA) is 17.1 Å². The van der Waals surface area contributed by atoms with Gasteiger partial charge in [-0.05, 0) is 51.8 Å². The smallest absolute Gasteiger partial charge is 0.151 e. The maximum Gasteiger partial charge on any atom is 0.151 e. The fraction of sp³-hybridized carbons (Fsp3) is 0.929. The van der Waals surface area contributed by atoms with Crippen LogP contribution in [-0.2, 0) is 4.79 Å². The molecular formula is C14H25OP. The molecule has 0 unspecified atom stereocenters. The number of hydrogen-bond acceptors (Lipinski definition) is 1. The number of hydrogen-bond donors (Lipinski definition) is 0. The van der Waals surface area contributed by atoms with Gasteiger partial charge in [0, 0.05) is 0 Å². The Kier molecular flexibility index (Phi) is 4.82. The SMILES string of the molecule is CC(=O)P(C1CCCCC1)C1CCCCC1. The summed E-state index contributed by atoms with van der Waals surface area (Å²) in [4.78, 5) is 12.0. The van der Waals surface area contributed by atoms with Gasteiger partial charge in [0.05, 0.1) is 0 Å². The van der Waals surface area contributed by atoms with Crippen molar-refractivity contribution in [3.8, 4) is 0 Å². The van der Waals surface area contributed by atoms with Crippen LogP contribution in [0.15, 0.2) is 0 Å². The highest BCUT2D eigenvalue weighted by Crippen LogP contribution is 2.55. The first-order valence-electron chi connectivity index (χ1n) is 7.08. The Bertz CT molecular complexity index is 209. The van der Waals surface area contributed by atoms with Crippen LogP contribution in [0.4, 0.5) is 0 Å². The van der Waals surface area contributed by atoms with Crippen LogP contribution in [0.25, 0.3) is 0 Å². The fourth-order valence-electron chi connectivity index (χ4n) is 3.53. The molecule has 1 nitrogen and oxygen atoms in total. The molecule has 0 saturated heterocycles. The monoisotopic (exact) mass is 240 g/mol. The molecule has 2 heteroatoms. The van der Waals surface area contributed by atoms with Crippen LogP contribution in [0.2, 0.25) is 0 Å². The molecule has 16 heavy (non-hydrogen) atoms. The Labute approximate surface area is 101 Å². The molecule has 0 aromatic carbocycles. The highest BCUT2D eigenvalue weighted by Gasteiger charge is 2.33. The lowest BCUT2D eigenvalue weighted by Crippen LogP contribution is -2.23. The second-order valence-corrected chi connectivity index (χ2v) is 8.41. The summed E-state index contributed by atoms with van der Waals surface area (Å²) in [7, 11) is -0.295. The molecule has 0 aromatic rings. The minimum atomic E-state index is -0.295. The van der Waals surface area contributed by atoms with E-state index >= 15 is 0 Å². The molecule has 0 N–H and O–H groups in total. The maximum absolute atomic E-state index is 12.0. The summed E-state index contributed by atoms with van der Waals surface area (Å²) in [5, 5.41) is 0. The van der Waals surface area contributed by atoms with Crippen molar-refractivity contribution in [1.29, 1.82) is 0 Å². The van der Waals surface area contributed by atoms with Gasteiger partial charge in [-0.25, -0.2) is 0 Å². The van der Waals surface area contributed by atoms with Crippen molar-refractivity contribution in [2.24, 2.45) is 0 Å². The molecule has 0 aliphatic heterocycles. The zero-order valence-corrected chi connectivity index (χ0v) is 11.5. The molecular weight excluding hydrogens is 215 g/mol. The Balaban J connectivity index is 1.99. The molecule has 0 bridgehead atoms. The average Bonchev–Trinajstić information content (AvgIpc) is 2.31. The second kappa shape index (κ2) is 6.15. The molecule has 2 saturated carbocycles. The maximum atomic E-state index is 12.0. The third-order valence-corrected chi connectivity index (χ3v) is 7.63. The lowest BCUT2D eigenvalue weighted by molar-refractivity contribution is -0.109. The van der Waals surface area contributed by atoms with Gasteiger partial charge < -0.3 is 0 Å². The summed E-state index contributed by atoms with van der Waals surface area (Å²) < 4.78 is 0. The highest BCUT2D eigenvalue weighted by molar-refractivity contribution is 7.75. The van der Waals surface area contributed by atoms with Crippen molar-refractivity contribution in [3.63, 3.8) is 0 Å². The summed E-state index contributed by atoms with van der Waals surface area (Å²) >= 11 is 0. The van der Waals surface area contributed by atoms with Crippen LogP contribution >= 0.6 is 7.92 Å². The Morgan fingerprint density at radius 3 is 1.50 bits per heavy atom. The van der Waals surface area contributed by atoms with E-state index in [4.69, 9.17) is 0 Å². The van der Waals surface area contributed by atoms with Gasteiger partial charge in [0.1, 0.15) is 0 Å². The van der Waals surface area contributed by atoms with Gasteiger partial charge >= 0.3 is 0 Å². The fourth-order valence-corrected chi connectivity index (χ4v) is 7.00. The van der Waals surface area contributed by atoms with E-state index in [1.165, 1.54) is 64.2 Å². The van der Waals surface area contributed by atoms with Gasteiger partial charge in [-0.3, -0.25) is 4.79 Å². The summed E-state index contributed by atoms with van der Waals surface area (Å²) in [5.74, 6) is 0. The van der Waals surface area contributed by atoms with Crippen molar-refractivity contribution < 1.29 is 4.79 Å². The molecule has 2 fully saturated rings. The predicted octanol–water partition coefficient (Wildman–Crippen LogP) is 4.68. The summed E-state index contributed by atoms with van der Waals surface area (Å²) in [6.07, 6.45) is 13.7. The van der Waals surface area contributed by atoms with E-state index in [0.717, 1.165) is 11.3 Å². The van der Waals surface area contributed by atoms with E-state index in [0.29, 0.717) is 5.52 Å². The van der Waals surface area contributed by atoms with Crippen molar-refractivity contribution >= 4 is 13.4 Å². The minimum absolute atomic E-state index is 0.295. The van der Waals surface area contributed by atoms with Gasteiger partial charge in [0.15, 0.2) is 5.52 Å². The van der Waals surface area contributed by atoms with E-state index < -0.39 is 0 Å². The van der Waals surface area contributed by atoms with Crippen molar-refractivity contribution in [3.05, 3.63) is 0 Å². The zero-order valence-electron chi connectivity index (χ0n) is 10.6. The summed E-state index contributed by atoms with van der Waals surface area (Å²) in [6, 6.07) is 0. The molecule has 0 amide bonds. The van der Waals surface area contributed by atoms with E-state index in [-0.39, 0.29) is 7.92 Å². The van der Waals surface area contributed by atoms with Crippen LogP contribution in [0.5, 0.6) is 0 Å². The van der Waals surface area contributed by atoms with Crippen LogP contribution in [-0.4, -0.2) is 16.8 Å². The largest absolute Gasteiger partial charge is 0.295 e. The first-order chi connectivity index (χ1) is 7.79. The molecule has 0 heterocycles. The second-order valence-electron chi connectivity index (χ2n) is 5.51. The van der Waals surface area contributed by atoms with E-state index in [2.05, 4.69) is 0 Å². The van der Waals surface area contributed by atoms with E-state index in [1.54, 1.807) is 0 Å². The molecule has 0 atom stereocenters. The summed E-state index contributed by atoms with van der Waals surface area (Å²) in [5.41, 5.74) is 2.14. The first-order valence-corrected chi connectivity index (χ1v) is 8.56. The molecule has 2 aliphatic rings. The molecule has 2 rings (SSSR count). The van der Waals surface area contributed by atoms with Gasteiger partial charge in [0.25, 0.3) is 0 Å². The highest BCUT2D eigenvalue weighted by atomic mass is 31.1. The summed E-state index contributed by atoms with van der Waals surface area (Å²) in [6.45, 7) is 1.87. The Hall–Kier alpha value is 0.100. The predicted molar refractivity (Wildman–Crippen MR) is 71.3 cm³/mol. The van der Waals surface area contributed by atoms with Crippen LogP contribution in [0, 0.1) is 0 Å². The minimum Gasteiger partial charge on any atom is -0.295 e. The molecule has 2 aliphatic carbocycles. The Morgan fingerprint density at radius 2 is 1.19 bits per heavy atom. The number of rotatable bonds is 3. The van der Waals surface area contributed by atoms with Gasteiger partial charge in [-0.1, -0.05) is 38.5 Å². The van der Waals surface area contributed by atoms with Gasteiger partial charge in [0.2, 0.25) is 0 Å². The van der Waals surface area contributed by atoms with Crippen LogP contribution in [0.3, 0.4) is 0 Å². The van der Waals surface area contributed by atoms with Crippen molar-refractivity contribution in [1.82, 2.24) is 0 Å². The normalized spacial score (nSPS) is 24.9. The lowest BCUT2D eigenvalue weighted by atomic mass is 9.99. The third-order valence-electron chi connectivity index (χ3n) is 4.30. The van der Waals surface area contributed by atoms with Crippen molar-refractivity contribution in [2.75, 3.05) is 0 Å². The van der Waals surface area contributed by atoms with Crippen LogP contribution in [0.1, 0.15) is 71.1 Å². The van der Waals surface area contributed by atoms with E-state index in [1.807, 2.05) is 6.92 Å². The van der Waals surface area contributed by atoms with Gasteiger partial charge in [-0.15, -0.1) is 0 Å². The van der Waals surface area contributed by atoms with E-state index in [9.17, 15) is 4.79 Å². The number of carbonyl (C=O) groups is 1. The molecule has 0 radical (unpaired) electrons. The van der Waals surface area contributed by atoms with Crippen molar-refractivity contribution in [2.45, 2.75) is 82.4 Å². The lowest BCUT2D eigenvalue weighted by Gasteiger charge is -2.36. The van der Waals surface area contributed by atoms with Crippen LogP contribution < -0.4 is 0 Å². The third kappa shape index (κ3) is 3.06. The number of carbonyl (C=O) groups excluding carboxylic acids is 1. The first kappa shape index (κ1) is 12.6. The zero-order chi connectivity index (χ0) is 11.4. The molecule has 92 valence electrons. The molecule has 0 aromatic heterocycles. The standard InChI is InChI=1S/C14H25OP/c1-12(15)16(13-8-4-2-5-9-13)14-10-6-3-7-11-14/h13-14H,2-11H2,1H3. The Morgan fingerprint density at radius 1 is 0.812 bits per heavy atom. The molecule has 0 spiro atoms.